The maximum absolute atomic E-state index is 13.4. The van der Waals surface area contributed by atoms with Crippen LogP contribution in [-0.4, -0.2) is 71.6 Å². The molecule has 0 spiro atoms. The number of hydrogen-bond acceptors (Lipinski definition) is 5. The standard InChI is InChI=1S/C26H26F6N2O5/c1-39-23(37)15-33(14-22(35)36)20-7-8-34(21(13-20)9-16-5-3-2-4-6-16)24(38)17-10-18(25(27,28)29)12-19(11-17)26(30,31)32/h2-6,10-12,20-21H,7-9,13-15H2,1H3,(H,35,36)/t20-,21+/m0/s1. The van der Waals surface area contributed by atoms with E-state index in [9.17, 15) is 45.8 Å². The van der Waals surface area contributed by atoms with Crippen LogP contribution in [0.15, 0.2) is 48.5 Å². The summed E-state index contributed by atoms with van der Waals surface area (Å²) in [6, 6.07) is 8.25. The van der Waals surface area contributed by atoms with E-state index in [4.69, 9.17) is 0 Å². The van der Waals surface area contributed by atoms with Crippen LogP contribution < -0.4 is 0 Å². The van der Waals surface area contributed by atoms with Crippen LogP contribution in [0.3, 0.4) is 0 Å². The van der Waals surface area contributed by atoms with Crippen LogP contribution in [0.2, 0.25) is 0 Å². The summed E-state index contributed by atoms with van der Waals surface area (Å²) in [5, 5.41) is 9.33. The molecule has 2 aromatic carbocycles. The second-order valence-corrected chi connectivity index (χ2v) is 9.19. The summed E-state index contributed by atoms with van der Waals surface area (Å²) in [5.74, 6) is -2.90. The van der Waals surface area contributed by atoms with Crippen molar-refractivity contribution in [2.24, 2.45) is 0 Å². The SMILES string of the molecule is COC(=O)CN(CC(=O)O)[C@H]1CCN(C(=O)c2cc(C(F)(F)F)cc(C(F)(F)F)c2)[C@H](Cc2ccccc2)C1. The molecule has 1 amide bonds. The van der Waals surface area contributed by atoms with Gasteiger partial charge in [0.2, 0.25) is 0 Å². The Bertz CT molecular complexity index is 1150. The van der Waals surface area contributed by atoms with Crippen LogP contribution >= 0.6 is 0 Å². The average Bonchev–Trinajstić information content (AvgIpc) is 2.87. The minimum Gasteiger partial charge on any atom is -0.480 e. The zero-order valence-corrected chi connectivity index (χ0v) is 20.8. The van der Waals surface area contributed by atoms with E-state index >= 15 is 0 Å². The van der Waals surface area contributed by atoms with Gasteiger partial charge in [-0.3, -0.25) is 19.3 Å². The lowest BCUT2D eigenvalue weighted by Gasteiger charge is -2.43. The highest BCUT2D eigenvalue weighted by molar-refractivity contribution is 5.95. The molecule has 1 saturated heterocycles. The third-order valence-corrected chi connectivity index (χ3v) is 6.51. The minimum absolute atomic E-state index is 0.0406. The van der Waals surface area contributed by atoms with Gasteiger partial charge in [-0.2, -0.15) is 26.3 Å². The maximum Gasteiger partial charge on any atom is 0.416 e. The Morgan fingerprint density at radius 1 is 0.974 bits per heavy atom. The molecule has 0 bridgehead atoms. The number of methoxy groups -OCH3 is 1. The van der Waals surface area contributed by atoms with Crippen molar-refractivity contribution in [3.63, 3.8) is 0 Å². The molecule has 1 aliphatic heterocycles. The predicted molar refractivity (Wildman–Crippen MR) is 126 cm³/mol. The Hall–Kier alpha value is -3.61. The fraction of sp³-hybridized carbons (Fsp3) is 0.423. The molecule has 0 unspecified atom stereocenters. The third kappa shape index (κ3) is 7.94. The lowest BCUT2D eigenvalue weighted by molar-refractivity contribution is -0.146. The van der Waals surface area contributed by atoms with E-state index in [-0.39, 0.29) is 38.4 Å². The van der Waals surface area contributed by atoms with Crippen molar-refractivity contribution in [3.05, 3.63) is 70.8 Å². The van der Waals surface area contributed by atoms with Gasteiger partial charge in [0, 0.05) is 24.2 Å². The summed E-state index contributed by atoms with van der Waals surface area (Å²) in [7, 11) is 1.14. The van der Waals surface area contributed by atoms with Crippen LogP contribution in [0.4, 0.5) is 26.3 Å². The molecular weight excluding hydrogens is 534 g/mol. The zero-order chi connectivity index (χ0) is 29.0. The number of piperidine rings is 1. The first-order valence-corrected chi connectivity index (χ1v) is 11.9. The number of carboxylic acid groups (broad SMARTS) is 1. The number of hydrogen-bond donors (Lipinski definition) is 1. The molecule has 0 radical (unpaired) electrons. The van der Waals surface area contributed by atoms with Gasteiger partial charge < -0.3 is 14.7 Å². The van der Waals surface area contributed by atoms with Crippen molar-refractivity contribution < 1.29 is 50.6 Å². The van der Waals surface area contributed by atoms with E-state index in [1.165, 1.54) is 9.80 Å². The highest BCUT2D eigenvalue weighted by Crippen LogP contribution is 2.37. The van der Waals surface area contributed by atoms with E-state index in [0.29, 0.717) is 12.1 Å². The number of carboxylic acids is 1. The lowest BCUT2D eigenvalue weighted by Crippen LogP contribution is -2.54. The van der Waals surface area contributed by atoms with E-state index in [0.717, 1.165) is 12.7 Å². The number of nitrogens with zero attached hydrogens (tertiary/aromatic N) is 2. The summed E-state index contributed by atoms with van der Waals surface area (Å²) in [4.78, 5) is 39.4. The molecule has 1 heterocycles. The highest BCUT2D eigenvalue weighted by Gasteiger charge is 2.40. The summed E-state index contributed by atoms with van der Waals surface area (Å²) >= 11 is 0. The minimum atomic E-state index is -5.11. The van der Waals surface area contributed by atoms with E-state index in [1.807, 2.05) is 0 Å². The molecule has 0 aliphatic carbocycles. The molecule has 1 fully saturated rings. The zero-order valence-electron chi connectivity index (χ0n) is 20.8. The molecule has 1 N–H and O–H groups in total. The lowest BCUT2D eigenvalue weighted by atomic mass is 9.90. The molecule has 2 aromatic rings. The molecule has 1 aliphatic rings. The molecular formula is C26H26F6N2O5. The van der Waals surface area contributed by atoms with Crippen molar-refractivity contribution in [1.82, 2.24) is 9.80 Å². The summed E-state index contributed by atoms with van der Waals surface area (Å²) in [5.41, 5.74) is -3.20. The van der Waals surface area contributed by atoms with Crippen LogP contribution in [-0.2, 0) is 33.1 Å². The second-order valence-electron chi connectivity index (χ2n) is 9.19. The van der Waals surface area contributed by atoms with Gasteiger partial charge in [-0.25, -0.2) is 0 Å². The van der Waals surface area contributed by atoms with Gasteiger partial charge in [0.1, 0.15) is 0 Å². The van der Waals surface area contributed by atoms with E-state index in [1.54, 1.807) is 30.3 Å². The summed E-state index contributed by atoms with van der Waals surface area (Å²) in [6.45, 7) is -0.938. The van der Waals surface area contributed by atoms with Crippen molar-refractivity contribution >= 4 is 17.8 Å². The van der Waals surface area contributed by atoms with Crippen LogP contribution in [0.1, 0.15) is 39.9 Å². The first kappa shape index (κ1) is 29.9. The number of amides is 1. The number of likely N-dealkylation sites (tertiary alicyclic amines) is 1. The van der Waals surface area contributed by atoms with Gasteiger partial charge in [0.25, 0.3) is 5.91 Å². The molecule has 2 atom stereocenters. The van der Waals surface area contributed by atoms with Gasteiger partial charge in [0.15, 0.2) is 0 Å². The van der Waals surface area contributed by atoms with Gasteiger partial charge >= 0.3 is 24.3 Å². The summed E-state index contributed by atoms with van der Waals surface area (Å²) in [6.07, 6.45) is -9.77. The number of ether oxygens (including phenoxy) is 1. The van der Waals surface area contributed by atoms with Gasteiger partial charge in [-0.1, -0.05) is 30.3 Å². The Balaban J connectivity index is 1.98. The fourth-order valence-corrected chi connectivity index (χ4v) is 4.67. The molecule has 0 saturated carbocycles. The third-order valence-electron chi connectivity index (χ3n) is 6.51. The molecule has 13 heteroatoms. The fourth-order valence-electron chi connectivity index (χ4n) is 4.67. The number of esters is 1. The second kappa shape index (κ2) is 12.1. The molecule has 39 heavy (non-hydrogen) atoms. The molecule has 3 rings (SSSR count). The van der Waals surface area contributed by atoms with Crippen LogP contribution in [0.5, 0.6) is 0 Å². The number of halogens is 6. The number of carbonyl (C=O) groups is 3. The van der Waals surface area contributed by atoms with Crippen molar-refractivity contribution in [3.8, 4) is 0 Å². The van der Waals surface area contributed by atoms with Crippen LogP contribution in [0.25, 0.3) is 0 Å². The Morgan fingerprint density at radius 2 is 1.56 bits per heavy atom. The Morgan fingerprint density at radius 3 is 2.08 bits per heavy atom. The Labute approximate surface area is 219 Å². The first-order valence-electron chi connectivity index (χ1n) is 11.9. The quantitative estimate of drug-likeness (QED) is 0.378. The largest absolute Gasteiger partial charge is 0.480 e. The number of benzene rings is 2. The molecule has 0 aromatic heterocycles. The van der Waals surface area contributed by atoms with Crippen LogP contribution in [0, 0.1) is 0 Å². The first-order chi connectivity index (χ1) is 18.2. The Kier molecular flexibility index (Phi) is 9.26. The number of alkyl halides is 6. The van der Waals surface area contributed by atoms with Crippen molar-refractivity contribution in [2.45, 2.75) is 43.7 Å². The maximum atomic E-state index is 13.4. The molecule has 7 nitrogen and oxygen atoms in total. The topological polar surface area (TPSA) is 87.2 Å². The normalized spacial score (nSPS) is 18.2. The van der Waals surface area contributed by atoms with Gasteiger partial charge in [-0.15, -0.1) is 0 Å². The summed E-state index contributed by atoms with van der Waals surface area (Å²) < 4.78 is 85.0. The molecule has 212 valence electrons. The van der Waals surface area contributed by atoms with Crippen molar-refractivity contribution in [2.75, 3.05) is 26.7 Å². The van der Waals surface area contributed by atoms with Crippen molar-refractivity contribution in [1.29, 1.82) is 0 Å². The number of carbonyl (C=O) groups excluding carboxylic acids is 2. The monoisotopic (exact) mass is 560 g/mol. The van der Waals surface area contributed by atoms with Gasteiger partial charge in [0.05, 0.1) is 31.3 Å². The van der Waals surface area contributed by atoms with Gasteiger partial charge in [-0.05, 0) is 43.0 Å². The smallest absolute Gasteiger partial charge is 0.416 e. The number of rotatable bonds is 8. The van der Waals surface area contributed by atoms with E-state index < -0.39 is 65.5 Å². The average molecular weight is 560 g/mol. The highest BCUT2D eigenvalue weighted by atomic mass is 19.4. The number of aliphatic carboxylic acids is 1. The van der Waals surface area contributed by atoms with E-state index in [2.05, 4.69) is 4.74 Å². The predicted octanol–water partition coefficient (Wildman–Crippen LogP) is 4.50.